The molecule has 0 bridgehead atoms. The Morgan fingerprint density at radius 2 is 2.00 bits per heavy atom. The van der Waals surface area contributed by atoms with E-state index in [1.54, 1.807) is 10.8 Å². The molecule has 2 N–H and O–H groups in total. The second kappa shape index (κ2) is 5.56. The van der Waals surface area contributed by atoms with Crippen molar-refractivity contribution in [3.8, 4) is 0 Å². The Balaban J connectivity index is 1.72. The average molecular weight is 324 g/mol. The smallest absolute Gasteiger partial charge is 0.259 e. The molecule has 0 saturated heterocycles. The van der Waals surface area contributed by atoms with E-state index < -0.39 is 5.54 Å². The molecule has 0 aliphatic heterocycles. The predicted octanol–water partition coefficient (Wildman–Crippen LogP) is 2.72. The summed E-state index contributed by atoms with van der Waals surface area (Å²) in [5, 5.41) is 5.68. The summed E-state index contributed by atoms with van der Waals surface area (Å²) in [7, 11) is 0. The minimum Gasteiger partial charge on any atom is -0.337 e. The second-order valence-electron chi connectivity index (χ2n) is 6.61. The van der Waals surface area contributed by atoms with Crippen LogP contribution in [0.2, 0.25) is 0 Å². The van der Waals surface area contributed by atoms with Gasteiger partial charge in [-0.05, 0) is 37.3 Å². The lowest BCUT2D eigenvalue weighted by atomic mass is 9.99. The average Bonchev–Trinajstić information content (AvgIpc) is 3.25. The molecule has 1 aliphatic rings. The third-order valence-electron chi connectivity index (χ3n) is 5.00. The Hall–Kier alpha value is -2.47. The zero-order valence-electron chi connectivity index (χ0n) is 13.6. The highest BCUT2D eigenvalue weighted by atomic mass is 16.5. The minimum absolute atomic E-state index is 0.0660. The molecule has 2 heterocycles. The summed E-state index contributed by atoms with van der Waals surface area (Å²) >= 11 is 0. The van der Waals surface area contributed by atoms with Gasteiger partial charge in [0.2, 0.25) is 5.89 Å². The highest BCUT2D eigenvalue weighted by molar-refractivity contribution is 5.81. The van der Waals surface area contributed by atoms with E-state index in [2.05, 4.69) is 10.1 Å². The van der Waals surface area contributed by atoms with E-state index in [0.29, 0.717) is 17.1 Å². The van der Waals surface area contributed by atoms with Crippen molar-refractivity contribution in [1.82, 2.24) is 14.7 Å². The van der Waals surface area contributed by atoms with Crippen molar-refractivity contribution in [2.24, 2.45) is 5.73 Å². The van der Waals surface area contributed by atoms with Gasteiger partial charge in [-0.3, -0.25) is 4.79 Å². The summed E-state index contributed by atoms with van der Waals surface area (Å²) in [4.78, 5) is 17.2. The molecule has 1 unspecified atom stereocenters. The summed E-state index contributed by atoms with van der Waals surface area (Å²) in [6.07, 6.45) is 5.68. The van der Waals surface area contributed by atoms with Gasteiger partial charge in [0.05, 0.1) is 5.54 Å². The van der Waals surface area contributed by atoms with E-state index >= 15 is 0 Å². The summed E-state index contributed by atoms with van der Waals surface area (Å²) in [6, 6.07) is 9.12. The van der Waals surface area contributed by atoms with Gasteiger partial charge in [0, 0.05) is 11.6 Å². The van der Waals surface area contributed by atoms with E-state index in [9.17, 15) is 4.79 Å². The van der Waals surface area contributed by atoms with E-state index in [1.807, 2.05) is 37.3 Å². The lowest BCUT2D eigenvalue weighted by Gasteiger charge is -2.18. The Morgan fingerprint density at radius 3 is 2.79 bits per heavy atom. The van der Waals surface area contributed by atoms with Crippen LogP contribution < -0.4 is 11.3 Å². The molecule has 2 aromatic heterocycles. The number of rotatable bonds is 3. The number of benzene rings is 1. The Morgan fingerprint density at radius 1 is 1.25 bits per heavy atom. The van der Waals surface area contributed by atoms with Crippen molar-refractivity contribution >= 4 is 10.8 Å². The van der Waals surface area contributed by atoms with Gasteiger partial charge in [-0.2, -0.15) is 4.98 Å². The normalized spacial score (nSPS) is 18.1. The third-order valence-corrected chi connectivity index (χ3v) is 5.00. The molecule has 0 spiro atoms. The molecule has 1 saturated carbocycles. The van der Waals surface area contributed by atoms with Gasteiger partial charge in [0.25, 0.3) is 5.56 Å². The number of nitrogens with two attached hydrogens (primary N) is 1. The number of nitrogens with zero attached hydrogens (tertiary/aromatic N) is 3. The largest absolute Gasteiger partial charge is 0.337 e. The molecule has 1 aromatic carbocycles. The molecule has 0 amide bonds. The molecule has 124 valence electrons. The maximum Gasteiger partial charge on any atom is 0.259 e. The van der Waals surface area contributed by atoms with Crippen LogP contribution in [0.5, 0.6) is 0 Å². The van der Waals surface area contributed by atoms with Gasteiger partial charge in [-0.1, -0.05) is 36.2 Å². The monoisotopic (exact) mass is 324 g/mol. The fraction of sp³-hybridized carbons (Fsp3) is 0.389. The van der Waals surface area contributed by atoms with Crippen molar-refractivity contribution in [2.45, 2.75) is 44.2 Å². The SMILES string of the molecule is CC(c1nc(C2(N)CCCC2)no1)n1ccc2ccccc2c1=O. The van der Waals surface area contributed by atoms with E-state index in [-0.39, 0.29) is 11.6 Å². The van der Waals surface area contributed by atoms with Crippen LogP contribution in [0.15, 0.2) is 45.8 Å². The van der Waals surface area contributed by atoms with E-state index in [1.165, 1.54) is 0 Å². The van der Waals surface area contributed by atoms with Crippen LogP contribution in [-0.4, -0.2) is 14.7 Å². The van der Waals surface area contributed by atoms with Crippen LogP contribution >= 0.6 is 0 Å². The summed E-state index contributed by atoms with van der Waals surface area (Å²) in [5.41, 5.74) is 5.83. The summed E-state index contributed by atoms with van der Waals surface area (Å²) < 4.78 is 7.05. The molecule has 0 radical (unpaired) electrons. The van der Waals surface area contributed by atoms with Crippen molar-refractivity contribution < 1.29 is 4.52 Å². The first kappa shape index (κ1) is 15.1. The molecule has 4 rings (SSSR count). The van der Waals surface area contributed by atoms with Gasteiger partial charge < -0.3 is 14.8 Å². The lowest BCUT2D eigenvalue weighted by Crippen LogP contribution is -2.34. The fourth-order valence-corrected chi connectivity index (χ4v) is 3.47. The molecule has 3 aromatic rings. The Labute approximate surface area is 139 Å². The maximum atomic E-state index is 12.7. The third kappa shape index (κ3) is 2.34. The molecule has 24 heavy (non-hydrogen) atoms. The van der Waals surface area contributed by atoms with E-state index in [0.717, 1.165) is 31.1 Å². The number of fused-ring (bicyclic) bond motifs is 1. The lowest BCUT2D eigenvalue weighted by molar-refractivity contribution is 0.327. The van der Waals surface area contributed by atoms with Gasteiger partial charge in [0.15, 0.2) is 5.82 Å². The van der Waals surface area contributed by atoms with Gasteiger partial charge in [-0.15, -0.1) is 0 Å². The van der Waals surface area contributed by atoms with Gasteiger partial charge >= 0.3 is 0 Å². The molecule has 1 atom stereocenters. The molecule has 1 aliphatic carbocycles. The first-order valence-electron chi connectivity index (χ1n) is 8.31. The predicted molar refractivity (Wildman–Crippen MR) is 90.7 cm³/mol. The topological polar surface area (TPSA) is 86.9 Å². The molecular formula is C18H20N4O2. The quantitative estimate of drug-likeness (QED) is 0.800. The zero-order chi connectivity index (χ0) is 16.7. The highest BCUT2D eigenvalue weighted by Crippen LogP contribution is 2.35. The fourth-order valence-electron chi connectivity index (χ4n) is 3.47. The van der Waals surface area contributed by atoms with Gasteiger partial charge in [-0.25, -0.2) is 0 Å². The Kier molecular flexibility index (Phi) is 3.49. The van der Waals surface area contributed by atoms with Gasteiger partial charge in [0.1, 0.15) is 6.04 Å². The van der Waals surface area contributed by atoms with Crippen LogP contribution in [0, 0.1) is 0 Å². The molecule has 1 fully saturated rings. The number of pyridine rings is 1. The number of hydrogen-bond donors (Lipinski definition) is 1. The first-order chi connectivity index (χ1) is 11.6. The molecular weight excluding hydrogens is 304 g/mol. The van der Waals surface area contributed by atoms with Crippen LogP contribution in [0.4, 0.5) is 0 Å². The number of aromatic nitrogens is 3. The summed E-state index contributed by atoms with van der Waals surface area (Å²) in [5.74, 6) is 0.967. The second-order valence-corrected chi connectivity index (χ2v) is 6.61. The molecule has 6 heteroatoms. The minimum atomic E-state index is -0.490. The van der Waals surface area contributed by atoms with Crippen LogP contribution in [0.25, 0.3) is 10.8 Å². The van der Waals surface area contributed by atoms with Crippen LogP contribution in [0.1, 0.15) is 50.4 Å². The maximum absolute atomic E-state index is 12.7. The molecule has 6 nitrogen and oxygen atoms in total. The van der Waals surface area contributed by atoms with Crippen molar-refractivity contribution in [3.05, 3.63) is 58.6 Å². The van der Waals surface area contributed by atoms with E-state index in [4.69, 9.17) is 10.3 Å². The zero-order valence-corrected chi connectivity index (χ0v) is 13.6. The van der Waals surface area contributed by atoms with Crippen molar-refractivity contribution in [1.29, 1.82) is 0 Å². The summed E-state index contributed by atoms with van der Waals surface area (Å²) in [6.45, 7) is 1.88. The van der Waals surface area contributed by atoms with Crippen molar-refractivity contribution in [3.63, 3.8) is 0 Å². The first-order valence-corrected chi connectivity index (χ1v) is 8.31. The standard InChI is InChI=1S/C18H20N4O2/c1-12(15-20-17(21-24-15)18(19)9-4-5-10-18)22-11-8-13-6-2-3-7-14(13)16(22)23/h2-3,6-8,11-12H,4-5,9-10,19H2,1H3. The highest BCUT2D eigenvalue weighted by Gasteiger charge is 2.36. The van der Waals surface area contributed by atoms with Crippen LogP contribution in [-0.2, 0) is 5.54 Å². The van der Waals surface area contributed by atoms with Crippen LogP contribution in [0.3, 0.4) is 0 Å². The number of hydrogen-bond acceptors (Lipinski definition) is 5. The Bertz CT molecular complexity index is 937. The van der Waals surface area contributed by atoms with Crippen molar-refractivity contribution in [2.75, 3.05) is 0 Å².